The Morgan fingerprint density at radius 1 is 1.17 bits per heavy atom. The molecule has 0 amide bonds. The van der Waals surface area contributed by atoms with Crippen LogP contribution in [0.5, 0.6) is 0 Å². The van der Waals surface area contributed by atoms with E-state index in [4.69, 9.17) is 11.6 Å². The predicted octanol–water partition coefficient (Wildman–Crippen LogP) is 5.12. The number of hydrogen-bond acceptors (Lipinski definition) is 4. The van der Waals surface area contributed by atoms with Crippen molar-refractivity contribution < 1.29 is 0 Å². The fraction of sp³-hybridized carbons (Fsp3) is 0.176. The Hall–Kier alpha value is -1.69. The van der Waals surface area contributed by atoms with Gasteiger partial charge >= 0.3 is 0 Å². The van der Waals surface area contributed by atoms with Gasteiger partial charge in [0, 0.05) is 16.4 Å². The minimum Gasteiger partial charge on any atom is -0.255 e. The fourth-order valence-electron chi connectivity index (χ4n) is 2.03. The zero-order valence-corrected chi connectivity index (χ0v) is 15.2. The van der Waals surface area contributed by atoms with Crippen molar-refractivity contribution in [1.82, 2.24) is 4.68 Å². The Balaban J connectivity index is 2.07. The largest absolute Gasteiger partial charge is 0.255 e. The molecule has 0 saturated carbocycles. The number of benzene rings is 1. The quantitative estimate of drug-likeness (QED) is 0.577. The van der Waals surface area contributed by atoms with E-state index in [1.807, 2.05) is 41.2 Å². The zero-order valence-electron chi connectivity index (χ0n) is 12.8. The lowest BCUT2D eigenvalue weighted by atomic mass is 10.2. The maximum absolute atomic E-state index is 6.03. The molecule has 0 radical (unpaired) electrons. The summed E-state index contributed by atoms with van der Waals surface area (Å²) < 4.78 is 1.90. The van der Waals surface area contributed by atoms with Crippen LogP contribution < -0.4 is 4.80 Å². The summed E-state index contributed by atoms with van der Waals surface area (Å²) in [6.45, 7) is 4.13. The summed E-state index contributed by atoms with van der Waals surface area (Å²) in [7, 11) is 0. The van der Waals surface area contributed by atoms with Crippen LogP contribution in [-0.2, 0) is 0 Å². The van der Waals surface area contributed by atoms with Crippen molar-refractivity contribution in [2.24, 2.45) is 10.1 Å². The maximum atomic E-state index is 6.03. The highest BCUT2D eigenvalue weighted by Crippen LogP contribution is 2.25. The van der Waals surface area contributed by atoms with Crippen molar-refractivity contribution in [2.75, 3.05) is 0 Å². The lowest BCUT2D eigenvalue weighted by molar-refractivity contribution is 0.755. The lowest BCUT2D eigenvalue weighted by Gasteiger charge is -2.02. The molecule has 0 bridgehead atoms. The first-order valence-corrected chi connectivity index (χ1v) is 9.35. The van der Waals surface area contributed by atoms with Gasteiger partial charge in [0.2, 0.25) is 4.80 Å². The number of thiophene rings is 1. The summed E-state index contributed by atoms with van der Waals surface area (Å²) in [5.74, 6) is 0. The Morgan fingerprint density at radius 3 is 2.74 bits per heavy atom. The summed E-state index contributed by atoms with van der Waals surface area (Å²) in [5.41, 5.74) is 2.02. The zero-order chi connectivity index (χ0) is 16.2. The molecule has 0 aliphatic rings. The van der Waals surface area contributed by atoms with E-state index in [-0.39, 0.29) is 6.04 Å². The molecule has 118 valence electrons. The first kappa shape index (κ1) is 16.2. The molecule has 0 N–H and O–H groups in total. The van der Waals surface area contributed by atoms with E-state index in [0.717, 1.165) is 16.1 Å². The van der Waals surface area contributed by atoms with Crippen molar-refractivity contribution in [3.8, 4) is 10.6 Å². The van der Waals surface area contributed by atoms with E-state index < -0.39 is 0 Å². The monoisotopic (exact) mass is 361 g/mol. The molecule has 2 aromatic heterocycles. The molecule has 0 atom stereocenters. The van der Waals surface area contributed by atoms with Gasteiger partial charge in [0.05, 0.1) is 16.8 Å². The molecule has 0 unspecified atom stereocenters. The van der Waals surface area contributed by atoms with Crippen LogP contribution in [0.1, 0.15) is 19.4 Å². The van der Waals surface area contributed by atoms with Crippen molar-refractivity contribution in [2.45, 2.75) is 19.9 Å². The molecule has 0 spiro atoms. The van der Waals surface area contributed by atoms with Crippen molar-refractivity contribution >= 4 is 40.5 Å². The van der Waals surface area contributed by atoms with Crippen LogP contribution in [-0.4, -0.2) is 16.9 Å². The summed E-state index contributed by atoms with van der Waals surface area (Å²) in [5, 5.41) is 9.51. The van der Waals surface area contributed by atoms with Gasteiger partial charge in [-0.15, -0.1) is 22.7 Å². The molecule has 0 aliphatic carbocycles. The highest BCUT2D eigenvalue weighted by molar-refractivity contribution is 7.14. The molecular weight excluding hydrogens is 346 g/mol. The average molecular weight is 362 g/mol. The maximum Gasteiger partial charge on any atom is 0.206 e. The van der Waals surface area contributed by atoms with Crippen LogP contribution in [0.15, 0.2) is 57.3 Å². The predicted molar refractivity (Wildman–Crippen MR) is 101 cm³/mol. The van der Waals surface area contributed by atoms with Gasteiger partial charge in [-0.1, -0.05) is 29.8 Å². The van der Waals surface area contributed by atoms with E-state index in [1.54, 1.807) is 22.7 Å². The number of nitrogens with zero attached hydrogens (tertiary/aromatic N) is 3. The number of rotatable bonds is 4. The molecule has 1 aromatic carbocycles. The van der Waals surface area contributed by atoms with Gasteiger partial charge in [-0.25, -0.2) is 4.68 Å². The highest BCUT2D eigenvalue weighted by atomic mass is 35.5. The van der Waals surface area contributed by atoms with Gasteiger partial charge in [-0.2, -0.15) is 5.10 Å². The molecule has 0 saturated heterocycles. The number of hydrogen-bond donors (Lipinski definition) is 0. The van der Waals surface area contributed by atoms with Crippen LogP contribution >= 0.6 is 34.3 Å². The van der Waals surface area contributed by atoms with E-state index >= 15 is 0 Å². The highest BCUT2D eigenvalue weighted by Gasteiger charge is 2.08. The third kappa shape index (κ3) is 3.99. The SMILES string of the molecule is CC(C)N=c1scc(-c2cccs2)n1N=Cc1cccc(Cl)c1. The minimum absolute atomic E-state index is 0.220. The molecule has 6 heteroatoms. The fourth-order valence-corrected chi connectivity index (χ4v) is 3.99. The standard InChI is InChI=1S/C17H16ClN3S2/c1-12(2)20-17-21(15(11-23-17)16-7-4-8-22-16)19-10-13-5-3-6-14(18)9-13/h3-12H,1-2H3. The van der Waals surface area contributed by atoms with Gasteiger partial charge in [-0.3, -0.25) is 4.99 Å². The van der Waals surface area contributed by atoms with Crippen molar-refractivity contribution in [1.29, 1.82) is 0 Å². The van der Waals surface area contributed by atoms with E-state index in [2.05, 4.69) is 40.8 Å². The van der Waals surface area contributed by atoms with Crippen molar-refractivity contribution in [3.63, 3.8) is 0 Å². The summed E-state index contributed by atoms with van der Waals surface area (Å²) >= 11 is 9.33. The normalized spacial score (nSPS) is 12.6. The Labute approximate surface area is 148 Å². The molecule has 23 heavy (non-hydrogen) atoms. The summed E-state index contributed by atoms with van der Waals surface area (Å²) in [6.07, 6.45) is 1.81. The lowest BCUT2D eigenvalue weighted by Crippen LogP contribution is -2.14. The molecule has 3 aromatic rings. The van der Waals surface area contributed by atoms with Gasteiger partial charge in [-0.05, 0) is 43.0 Å². The average Bonchev–Trinajstić information content (AvgIpc) is 3.14. The second-order valence-electron chi connectivity index (χ2n) is 5.22. The topological polar surface area (TPSA) is 29.6 Å². The molecule has 0 aliphatic heterocycles. The number of halogens is 1. The van der Waals surface area contributed by atoms with Crippen LogP contribution in [0.2, 0.25) is 5.02 Å². The van der Waals surface area contributed by atoms with Gasteiger partial charge < -0.3 is 0 Å². The van der Waals surface area contributed by atoms with Gasteiger partial charge in [0.1, 0.15) is 0 Å². The Bertz CT molecular complexity index is 873. The number of aromatic nitrogens is 1. The van der Waals surface area contributed by atoms with Crippen LogP contribution in [0.3, 0.4) is 0 Å². The molecule has 2 heterocycles. The summed E-state index contributed by atoms with van der Waals surface area (Å²) in [6, 6.07) is 12.0. The minimum atomic E-state index is 0.220. The van der Waals surface area contributed by atoms with E-state index in [9.17, 15) is 0 Å². The third-order valence-electron chi connectivity index (χ3n) is 3.00. The molecule has 0 fully saturated rings. The molecular formula is C17H16ClN3S2. The Morgan fingerprint density at radius 2 is 2.04 bits per heavy atom. The van der Waals surface area contributed by atoms with Crippen LogP contribution in [0.4, 0.5) is 0 Å². The third-order valence-corrected chi connectivity index (χ3v) is 4.96. The molecule has 3 rings (SSSR count). The number of thiazole rings is 1. The molecule has 3 nitrogen and oxygen atoms in total. The second kappa shape index (κ2) is 7.25. The van der Waals surface area contributed by atoms with Gasteiger partial charge in [0.15, 0.2) is 0 Å². The van der Waals surface area contributed by atoms with E-state index in [0.29, 0.717) is 5.02 Å². The smallest absolute Gasteiger partial charge is 0.206 e. The summed E-state index contributed by atoms with van der Waals surface area (Å²) in [4.78, 5) is 6.73. The second-order valence-corrected chi connectivity index (χ2v) is 7.44. The first-order chi connectivity index (χ1) is 11.1. The van der Waals surface area contributed by atoms with Gasteiger partial charge in [0.25, 0.3) is 0 Å². The van der Waals surface area contributed by atoms with E-state index in [1.165, 1.54) is 4.88 Å². The Kier molecular flexibility index (Phi) is 5.10. The van der Waals surface area contributed by atoms with Crippen LogP contribution in [0, 0.1) is 0 Å². The first-order valence-electron chi connectivity index (χ1n) is 7.21. The van der Waals surface area contributed by atoms with Crippen LogP contribution in [0.25, 0.3) is 10.6 Å². The van der Waals surface area contributed by atoms with Crippen molar-refractivity contribution in [3.05, 3.63) is 62.5 Å².